The SMILES string of the molecule is COc1ccc(S(=O)(=O)/N=C(/N=C(/N)[Se]C)N2CCC(c3ccccc3)C(c3ccc(Cl)cc3)=N2)cc1. The Kier molecular flexibility index (Phi) is 8.66. The number of hydrazone groups is 1. The molecule has 0 radical (unpaired) electrons. The van der Waals surface area contributed by atoms with Crippen molar-refractivity contribution in [3.05, 3.63) is 95.0 Å². The Morgan fingerprint density at radius 3 is 2.38 bits per heavy atom. The van der Waals surface area contributed by atoms with E-state index in [1.807, 2.05) is 36.2 Å². The molecule has 192 valence electrons. The van der Waals surface area contributed by atoms with Crippen molar-refractivity contribution in [2.24, 2.45) is 20.2 Å². The maximum atomic E-state index is 13.2. The van der Waals surface area contributed by atoms with Gasteiger partial charge >= 0.3 is 229 Å². The van der Waals surface area contributed by atoms with Gasteiger partial charge in [0.2, 0.25) is 0 Å². The molecular weight excluding hydrogens is 577 g/mol. The van der Waals surface area contributed by atoms with Gasteiger partial charge in [0, 0.05) is 0 Å². The van der Waals surface area contributed by atoms with Gasteiger partial charge in [0.05, 0.1) is 0 Å². The second-order valence-corrected chi connectivity index (χ2v) is 11.8. The van der Waals surface area contributed by atoms with Crippen molar-refractivity contribution in [1.82, 2.24) is 5.01 Å². The normalized spacial score (nSPS) is 16.9. The van der Waals surface area contributed by atoms with Crippen LogP contribution >= 0.6 is 11.6 Å². The number of aliphatic imine (C=N–C) groups is 1. The number of hydrogen-bond donors (Lipinski definition) is 1. The third-order valence-electron chi connectivity index (χ3n) is 5.74. The molecule has 0 fully saturated rings. The van der Waals surface area contributed by atoms with Gasteiger partial charge < -0.3 is 0 Å². The van der Waals surface area contributed by atoms with Crippen LogP contribution in [0.3, 0.4) is 0 Å². The van der Waals surface area contributed by atoms with E-state index in [1.54, 1.807) is 24.3 Å². The number of benzene rings is 3. The van der Waals surface area contributed by atoms with Gasteiger partial charge in [-0.1, -0.05) is 0 Å². The van der Waals surface area contributed by atoms with E-state index in [2.05, 4.69) is 21.5 Å². The van der Waals surface area contributed by atoms with E-state index in [9.17, 15) is 8.42 Å². The van der Waals surface area contributed by atoms with Crippen LogP contribution in [0.4, 0.5) is 0 Å². The van der Waals surface area contributed by atoms with E-state index < -0.39 is 10.0 Å². The van der Waals surface area contributed by atoms with E-state index in [0.717, 1.165) is 16.8 Å². The fourth-order valence-corrected chi connectivity index (χ4v) is 5.27. The first-order valence-corrected chi connectivity index (χ1v) is 15.7. The molecule has 1 aliphatic heterocycles. The third kappa shape index (κ3) is 6.59. The number of nitrogens with zero attached hydrogens (tertiary/aromatic N) is 4. The van der Waals surface area contributed by atoms with Crippen LogP contribution in [0.5, 0.6) is 5.75 Å². The van der Waals surface area contributed by atoms with Crippen molar-refractivity contribution in [2.75, 3.05) is 13.7 Å². The van der Waals surface area contributed by atoms with E-state index in [0.29, 0.717) is 28.5 Å². The summed E-state index contributed by atoms with van der Waals surface area (Å²) in [4.78, 5) is 4.39. The Balaban J connectivity index is 1.81. The minimum absolute atomic E-state index is 0.00482. The summed E-state index contributed by atoms with van der Waals surface area (Å²) in [7, 11) is -2.58. The first-order chi connectivity index (χ1) is 17.8. The summed E-state index contributed by atoms with van der Waals surface area (Å²) in [5.74, 6) is 2.36. The summed E-state index contributed by atoms with van der Waals surface area (Å²) >= 11 is 5.99. The van der Waals surface area contributed by atoms with Gasteiger partial charge in [-0.2, -0.15) is 0 Å². The van der Waals surface area contributed by atoms with Crippen LogP contribution in [0.1, 0.15) is 23.5 Å². The fourth-order valence-electron chi connectivity index (χ4n) is 3.85. The summed E-state index contributed by atoms with van der Waals surface area (Å²) in [5, 5.41) is 7.00. The number of sulfonamides is 1. The van der Waals surface area contributed by atoms with Crippen molar-refractivity contribution >= 4 is 53.0 Å². The first kappa shape index (κ1) is 26.9. The minimum atomic E-state index is -4.09. The summed E-state index contributed by atoms with van der Waals surface area (Å²) in [6, 6.07) is 23.5. The summed E-state index contributed by atoms with van der Waals surface area (Å²) in [5.41, 5.74) is 8.80. The zero-order chi connectivity index (χ0) is 26.4. The second kappa shape index (κ2) is 11.9. The van der Waals surface area contributed by atoms with E-state index in [4.69, 9.17) is 27.2 Å². The number of rotatable bonds is 6. The van der Waals surface area contributed by atoms with Gasteiger partial charge in [0.15, 0.2) is 0 Å². The molecule has 4 rings (SSSR count). The molecule has 0 aliphatic carbocycles. The predicted molar refractivity (Wildman–Crippen MR) is 149 cm³/mol. The number of ether oxygens (including phenoxy) is 1. The molecule has 2 N–H and O–H groups in total. The Hall–Kier alpha value is -3.17. The molecule has 1 unspecified atom stereocenters. The van der Waals surface area contributed by atoms with Crippen molar-refractivity contribution in [3.8, 4) is 5.75 Å². The van der Waals surface area contributed by atoms with Gasteiger partial charge in [-0.3, -0.25) is 0 Å². The number of hydrogen-bond acceptors (Lipinski definition) is 4. The third-order valence-corrected chi connectivity index (χ3v) is 8.33. The van der Waals surface area contributed by atoms with Crippen molar-refractivity contribution in [1.29, 1.82) is 0 Å². The zero-order valence-electron chi connectivity index (χ0n) is 20.3. The molecule has 37 heavy (non-hydrogen) atoms. The maximum absolute atomic E-state index is 13.2. The second-order valence-electron chi connectivity index (χ2n) is 8.06. The summed E-state index contributed by atoms with van der Waals surface area (Å²) in [6.07, 6.45) is 0.666. The number of methoxy groups -OCH3 is 1. The van der Waals surface area contributed by atoms with Gasteiger partial charge in [0.1, 0.15) is 0 Å². The Morgan fingerprint density at radius 2 is 1.76 bits per heavy atom. The molecule has 0 saturated heterocycles. The Morgan fingerprint density at radius 1 is 1.08 bits per heavy atom. The molecule has 1 aliphatic rings. The predicted octanol–water partition coefficient (Wildman–Crippen LogP) is 4.35. The van der Waals surface area contributed by atoms with E-state index in [-0.39, 0.29) is 31.7 Å². The fraction of sp³-hybridized carbons (Fsp3) is 0.192. The van der Waals surface area contributed by atoms with Gasteiger partial charge in [0.25, 0.3) is 0 Å². The van der Waals surface area contributed by atoms with E-state index in [1.165, 1.54) is 24.3 Å². The quantitative estimate of drug-likeness (QED) is 0.256. The molecule has 11 heteroatoms. The van der Waals surface area contributed by atoms with Crippen molar-refractivity contribution < 1.29 is 13.2 Å². The van der Waals surface area contributed by atoms with Gasteiger partial charge in [-0.15, -0.1) is 0 Å². The van der Waals surface area contributed by atoms with Crippen LogP contribution in [0.25, 0.3) is 0 Å². The average molecular weight is 603 g/mol. The number of nitrogens with two attached hydrogens (primary N) is 1. The molecule has 0 spiro atoms. The molecule has 0 aromatic heterocycles. The van der Waals surface area contributed by atoms with Gasteiger partial charge in [-0.05, 0) is 0 Å². The van der Waals surface area contributed by atoms with E-state index >= 15 is 0 Å². The Bertz CT molecular complexity index is 1430. The van der Waals surface area contributed by atoms with Crippen molar-refractivity contribution in [2.45, 2.75) is 23.1 Å². The van der Waals surface area contributed by atoms with Crippen molar-refractivity contribution in [3.63, 3.8) is 0 Å². The average Bonchev–Trinajstić information content (AvgIpc) is 2.93. The van der Waals surface area contributed by atoms with Crippen LogP contribution in [-0.4, -0.2) is 58.4 Å². The molecule has 3 aromatic carbocycles. The molecule has 8 nitrogen and oxygen atoms in total. The molecule has 3 aromatic rings. The van der Waals surface area contributed by atoms with Crippen LogP contribution in [0.15, 0.2) is 98.2 Å². The number of amidine groups is 1. The monoisotopic (exact) mass is 603 g/mol. The van der Waals surface area contributed by atoms with Gasteiger partial charge in [-0.25, -0.2) is 0 Å². The van der Waals surface area contributed by atoms with Crippen LogP contribution in [0.2, 0.25) is 10.8 Å². The van der Waals surface area contributed by atoms with Crippen LogP contribution in [-0.2, 0) is 10.0 Å². The number of guanidine groups is 1. The molecule has 0 amide bonds. The molecule has 0 bridgehead atoms. The van der Waals surface area contributed by atoms with Crippen LogP contribution in [0, 0.1) is 0 Å². The summed E-state index contributed by atoms with van der Waals surface area (Å²) < 4.78 is 35.9. The molecule has 1 atom stereocenters. The Labute approximate surface area is 228 Å². The molecule has 0 saturated carbocycles. The zero-order valence-corrected chi connectivity index (χ0v) is 23.6. The first-order valence-electron chi connectivity index (χ1n) is 11.3. The summed E-state index contributed by atoms with van der Waals surface area (Å²) in [6.45, 7) is 0.404. The molecular formula is C26H26ClN5O3SSe. The standard InChI is InChI=1S/C26H26ClN5O3SSe/c1-35-21-12-14-22(15-13-21)36(33,34)31-26(29-25(28)37-2)32-17-16-23(18-6-4-3-5-7-18)24(30-32)19-8-10-20(27)11-9-19/h3-15,23H,16-17H2,1-2H3,(H2,28,29,31). The topological polar surface area (TPSA) is 110 Å². The molecule has 1 heterocycles. The number of halogens is 1. The van der Waals surface area contributed by atoms with Crippen LogP contribution < -0.4 is 10.5 Å².